The van der Waals surface area contributed by atoms with Crippen molar-refractivity contribution < 1.29 is 57.4 Å². The highest BCUT2D eigenvalue weighted by Crippen LogP contribution is 2.33. The first-order valence-electron chi connectivity index (χ1n) is 58.6. The summed E-state index contributed by atoms with van der Waals surface area (Å²) in [7, 11) is 4.19. The average molecular weight is 2090 g/mol. The van der Waals surface area contributed by atoms with Crippen molar-refractivity contribution in [1.29, 1.82) is 0 Å². The van der Waals surface area contributed by atoms with E-state index in [1.807, 2.05) is 43.2 Å². The van der Waals surface area contributed by atoms with E-state index in [4.69, 9.17) is 14.2 Å². The molecule has 33 heteroatoms. The maximum atomic E-state index is 12.4. The van der Waals surface area contributed by atoms with Gasteiger partial charge in [0.1, 0.15) is 12.4 Å². The van der Waals surface area contributed by atoms with E-state index in [-0.39, 0.29) is 58.0 Å². The van der Waals surface area contributed by atoms with Crippen molar-refractivity contribution in [2.75, 3.05) is 250 Å². The number of rotatable bonds is 23. The van der Waals surface area contributed by atoms with Gasteiger partial charge in [-0.15, -0.1) is 0 Å². The molecule has 12 fully saturated rings. The van der Waals surface area contributed by atoms with E-state index in [0.717, 1.165) is 299 Å². The minimum absolute atomic E-state index is 0.0575. The highest BCUT2D eigenvalue weighted by atomic mass is 16.5. The van der Waals surface area contributed by atoms with Crippen LogP contribution in [0.25, 0.3) is 0 Å². The normalized spacial score (nSPS) is 22.2. The van der Waals surface area contributed by atoms with Gasteiger partial charge in [-0.25, -0.2) is 9.97 Å². The van der Waals surface area contributed by atoms with Crippen molar-refractivity contribution >= 4 is 53.2 Å². The van der Waals surface area contributed by atoms with E-state index in [1.54, 1.807) is 0 Å². The fourth-order valence-corrected chi connectivity index (χ4v) is 23.3. The van der Waals surface area contributed by atoms with Crippen molar-refractivity contribution in [3.8, 4) is 0 Å². The number of aromatic nitrogens is 4. The first-order valence-corrected chi connectivity index (χ1v) is 58.6. The summed E-state index contributed by atoms with van der Waals surface area (Å²) in [4.78, 5) is 156. The molecule has 12 saturated heterocycles. The van der Waals surface area contributed by atoms with Gasteiger partial charge in [0, 0.05) is 342 Å². The maximum absolute atomic E-state index is 12.4. The Kier molecular flexibility index (Phi) is 49.0. The molecule has 0 N–H and O–H groups in total. The average Bonchev–Trinajstić information content (AvgIpc) is 1.78. The second kappa shape index (κ2) is 59.7. The van der Waals surface area contributed by atoms with Crippen molar-refractivity contribution in [2.45, 2.75) is 353 Å². The summed E-state index contributed by atoms with van der Waals surface area (Å²) in [5, 5.41) is 0. The van der Waals surface area contributed by atoms with Gasteiger partial charge >= 0.3 is 0 Å². The number of nitrogens with zero attached hydrogens (tertiary/aromatic N) is 21. The van der Waals surface area contributed by atoms with E-state index in [0.29, 0.717) is 135 Å². The van der Waals surface area contributed by atoms with Crippen LogP contribution in [0, 0.1) is 39.4 Å². The molecule has 33 nitrogen and oxygen atoms in total. The Hall–Kier alpha value is -7.05. The molecule has 17 heterocycles. The molecule has 0 saturated carbocycles. The van der Waals surface area contributed by atoms with Gasteiger partial charge in [-0.3, -0.25) is 72.6 Å². The van der Waals surface area contributed by atoms with Crippen LogP contribution in [0.2, 0.25) is 0 Å². The lowest BCUT2D eigenvalue weighted by molar-refractivity contribution is -0.143. The van der Waals surface area contributed by atoms with Gasteiger partial charge in [0.15, 0.2) is 0 Å². The molecule has 9 amide bonds. The highest BCUT2D eigenvalue weighted by molar-refractivity contribution is 5.80. The summed E-state index contributed by atoms with van der Waals surface area (Å²) < 4.78 is 21.1. The molecular weight excluding hydrogens is 1880 g/mol. The quantitative estimate of drug-likeness (QED) is 0.0935. The zero-order chi connectivity index (χ0) is 108. The number of likely N-dealkylation sites (N-methyl/N-ethyl adjacent to an activating group) is 1. The number of hydrogen-bond acceptors (Lipinski definition) is 22. The molecule has 0 bridgehead atoms. The summed E-state index contributed by atoms with van der Waals surface area (Å²) in [6, 6.07) is 4.50. The van der Waals surface area contributed by atoms with Crippen molar-refractivity contribution in [3.63, 3.8) is 0 Å². The Morgan fingerprint density at radius 2 is 0.732 bits per heavy atom. The zero-order valence-electron chi connectivity index (χ0n) is 96.9. The summed E-state index contributed by atoms with van der Waals surface area (Å²) in [5.74, 6) is 5.04. The smallest absolute Gasteiger partial charge is 0.248 e. The van der Waals surface area contributed by atoms with Crippen LogP contribution < -0.4 is 0 Å². The summed E-state index contributed by atoms with van der Waals surface area (Å²) >= 11 is 0. The van der Waals surface area contributed by atoms with Crippen LogP contribution in [-0.4, -0.2) is 454 Å². The van der Waals surface area contributed by atoms with E-state index >= 15 is 0 Å². The number of hydrogen-bond donors (Lipinski definition) is 0. The second-order valence-corrected chi connectivity index (χ2v) is 51.7. The molecule has 0 radical (unpaired) electrons. The number of piperidine rings is 6. The lowest BCUT2D eigenvalue weighted by atomic mass is 9.91. The number of ether oxygens (including phenoxy) is 3. The number of fused-ring (bicyclic) bond motifs is 2. The number of imidazole rings is 2. The minimum Gasteiger partial charge on any atom is -0.381 e. The molecule has 2 aromatic rings. The second-order valence-electron chi connectivity index (χ2n) is 51.7. The highest BCUT2D eigenvalue weighted by Gasteiger charge is 2.40. The molecule has 0 aliphatic carbocycles. The molecule has 0 aromatic carbocycles. The molecule has 15 aliphatic rings. The van der Waals surface area contributed by atoms with Gasteiger partial charge in [0.25, 0.3) is 0 Å². The fraction of sp³-hybridized carbons (Fsp3) is 0.853. The molecule has 15 aliphatic heterocycles. The van der Waals surface area contributed by atoms with Gasteiger partial charge < -0.3 is 77.2 Å². The van der Waals surface area contributed by atoms with Gasteiger partial charge in [-0.1, -0.05) is 137 Å². The van der Waals surface area contributed by atoms with E-state index in [9.17, 15) is 43.2 Å². The van der Waals surface area contributed by atoms with Crippen molar-refractivity contribution in [1.82, 2.24) is 102 Å². The Bertz CT molecular complexity index is 4260. The van der Waals surface area contributed by atoms with Crippen LogP contribution in [0.1, 0.15) is 290 Å². The van der Waals surface area contributed by atoms with Gasteiger partial charge in [0.2, 0.25) is 53.2 Å². The summed E-state index contributed by atoms with van der Waals surface area (Å²) in [5.41, 5.74) is 1.67. The first kappa shape index (κ1) is 122. The third-order valence-electron chi connectivity index (χ3n) is 32.7. The van der Waals surface area contributed by atoms with Crippen LogP contribution in [0.3, 0.4) is 0 Å². The SMILES string of the molecule is CC(C)(C)CC(=O)N1CC=CCC1.CC(C)(C)CC(=O)N1CCC(N2CCN(C3CCOCC3)CC2)CC1.CC(C)(C)CC(=O)N1CCC(N2CCN(C3COC3)CC2)CC1.CC(C)CC(=O)N1CCC(N2CCn3ccnc3C2)CC1.CC(C)CC(=O)N1CCC(N2CCn3cncc3C2)CC1.CC(C)CC(=O)N1CCC(OCC(=O)N2CCN(C)CC2)CC1.CN(CCC(=O)N1CCC1)C1CCN(C(=O)CC(C)(C)C)CC1. The first-order chi connectivity index (χ1) is 70.8. The summed E-state index contributed by atoms with van der Waals surface area (Å²) in [6.07, 6.45) is 34.7. The molecular formula is C116H205N21O12. The van der Waals surface area contributed by atoms with Gasteiger partial charge in [-0.05, 0) is 156 Å². The van der Waals surface area contributed by atoms with Crippen LogP contribution in [0.4, 0.5) is 0 Å². The van der Waals surface area contributed by atoms with Gasteiger partial charge in [-0.2, -0.15) is 0 Å². The number of amides is 9. The predicted octanol–water partition coefficient (Wildman–Crippen LogP) is 12.1. The lowest BCUT2D eigenvalue weighted by Crippen LogP contribution is -2.59. The van der Waals surface area contributed by atoms with E-state index in [1.165, 1.54) is 76.7 Å². The molecule has 0 unspecified atom stereocenters. The molecule has 0 atom stereocenters. The van der Waals surface area contributed by atoms with E-state index in [2.05, 4.69) is 235 Å². The largest absolute Gasteiger partial charge is 0.381 e. The Morgan fingerprint density at radius 1 is 0.369 bits per heavy atom. The predicted molar refractivity (Wildman–Crippen MR) is 591 cm³/mol. The van der Waals surface area contributed by atoms with Crippen LogP contribution in [0.5, 0.6) is 0 Å². The summed E-state index contributed by atoms with van der Waals surface area (Å²) in [6.45, 7) is 76.3. The third-order valence-corrected chi connectivity index (χ3v) is 32.7. The molecule has 2 aromatic heterocycles. The number of carbonyl (C=O) groups excluding carboxylic acids is 9. The van der Waals surface area contributed by atoms with Crippen LogP contribution in [0.15, 0.2) is 37.1 Å². The van der Waals surface area contributed by atoms with Crippen molar-refractivity contribution in [2.24, 2.45) is 39.4 Å². The number of piperazine rings is 3. The van der Waals surface area contributed by atoms with Gasteiger partial charge in [0.05, 0.1) is 43.9 Å². The maximum Gasteiger partial charge on any atom is 0.248 e. The number of likely N-dealkylation sites (tertiary alicyclic amines) is 7. The lowest BCUT2D eigenvalue weighted by Gasteiger charge is -2.46. The fourth-order valence-electron chi connectivity index (χ4n) is 23.3. The minimum atomic E-state index is 0.0575. The van der Waals surface area contributed by atoms with Crippen molar-refractivity contribution in [3.05, 3.63) is 48.6 Å². The molecule has 149 heavy (non-hydrogen) atoms. The standard InChI is InChI=1S/C20H37N3O2.2C18H33N3O2.C17H31N3O3.2C16H26N4O.C11H19NO/c1-20(2,3)16-19(24)23-8-4-17(5-9-23)21-10-12-22(13-11-21)18-6-14-25-15-7-18;1-18(2,3)12-17(22)21-6-4-15(5-7-21)19-8-10-20(11-9-19)16-13-23-14-16;1-18(2,3)14-17(23)21-12-6-15(7-13-21)19(4)11-8-16(22)20-9-5-10-20;1-14(2)12-16(21)19-6-4-15(5-7-19)23-13-17(22)20-10-8-18(3)9-11-20;1-13(2)11-16(21)19-6-3-14(4-7-19)20-10-9-18-8-5-17-15(18)12-20;1-13(2)9-16(21)18-5-3-14(4-6-18)19-7-8-20-12-17-10-15(20)11-19;1-11(2,3)9-10(13)12-7-5-4-6-8-12/h17-18H,4-16H2,1-3H3;15-16H,4-14H2,1-3H3;15H,5-14H2,1-4H3;14-15H,4-13H2,1-3H3;5,8,13-14H,3-4,6-7,9-12H2,1-2H3;10,12-14H,3-9,11H2,1-2H3;4-5H,6-9H2,1-3H3. The molecule has 17 rings (SSSR count). The topological polar surface area (TPSA) is 272 Å². The van der Waals surface area contributed by atoms with E-state index < -0.39 is 0 Å². The molecule has 846 valence electrons. The zero-order valence-corrected chi connectivity index (χ0v) is 96.9. The number of carbonyl (C=O) groups is 9. The Morgan fingerprint density at radius 3 is 1.12 bits per heavy atom. The Balaban J connectivity index is 0.000000166. The van der Waals surface area contributed by atoms with Crippen LogP contribution >= 0.6 is 0 Å². The van der Waals surface area contributed by atoms with Crippen LogP contribution in [-0.2, 0) is 83.5 Å². The molecule has 0 spiro atoms. The monoisotopic (exact) mass is 2080 g/mol. The third kappa shape index (κ3) is 41.9. The Labute approximate surface area is 899 Å².